The molecule has 0 atom stereocenters. The summed E-state index contributed by atoms with van der Waals surface area (Å²) in [5.74, 6) is -3.69. The number of hydrogen-bond acceptors (Lipinski definition) is 11. The third-order valence-corrected chi connectivity index (χ3v) is 12.5. The van der Waals surface area contributed by atoms with Gasteiger partial charge in [-0.1, -0.05) is 91.0 Å². The lowest BCUT2D eigenvalue weighted by atomic mass is 10.2. The smallest absolute Gasteiger partial charge is 0.558 e. The first-order valence-corrected chi connectivity index (χ1v) is 18.7. The fourth-order valence-electron chi connectivity index (χ4n) is 4.04. The summed E-state index contributed by atoms with van der Waals surface area (Å²) in [6.45, 7) is 0. The number of benzene rings is 5. The summed E-state index contributed by atoms with van der Waals surface area (Å²) in [5, 5.41) is -0.0851. The minimum absolute atomic E-state index is 0.0851. The van der Waals surface area contributed by atoms with Crippen LogP contribution in [0.3, 0.4) is 0 Å². The first-order valence-electron chi connectivity index (χ1n) is 14.4. The Balaban J connectivity index is 1.49. The van der Waals surface area contributed by atoms with Gasteiger partial charge >= 0.3 is 61.8 Å². The van der Waals surface area contributed by atoms with E-state index in [0.717, 1.165) is 0 Å². The molecule has 0 unspecified atom stereocenters. The zero-order valence-corrected chi connectivity index (χ0v) is 28.2. The van der Waals surface area contributed by atoms with Gasteiger partial charge in [-0.25, -0.2) is 19.2 Å². The van der Waals surface area contributed by atoms with E-state index in [1.54, 1.807) is 78.9 Å². The van der Waals surface area contributed by atoms with Gasteiger partial charge in [-0.05, 0) is 60.7 Å². The van der Waals surface area contributed by atoms with Gasteiger partial charge in [0.2, 0.25) is 0 Å². The van der Waals surface area contributed by atoms with E-state index < -0.39 is 61.8 Å². The predicted molar refractivity (Wildman–Crippen MR) is 175 cm³/mol. The Bertz CT molecular complexity index is 1660. The van der Waals surface area contributed by atoms with Crippen LogP contribution in [0.1, 0.15) is 41.4 Å². The van der Waals surface area contributed by atoms with Crippen molar-refractivity contribution in [1.29, 1.82) is 0 Å². The van der Waals surface area contributed by atoms with Crippen LogP contribution in [0, 0.1) is 0 Å². The largest absolute Gasteiger partial charge is 1.11 e. The summed E-state index contributed by atoms with van der Waals surface area (Å²) < 4.78 is 48.5. The second-order valence-corrected chi connectivity index (χ2v) is 15.0. The summed E-state index contributed by atoms with van der Waals surface area (Å²) in [7, 11) is -4.76. The van der Waals surface area contributed by atoms with Gasteiger partial charge in [0.25, 0.3) is 0 Å². The Kier molecular flexibility index (Phi) is 12.1. The van der Waals surface area contributed by atoms with Crippen molar-refractivity contribution in [3.63, 3.8) is 0 Å². The van der Waals surface area contributed by atoms with Gasteiger partial charge in [-0.2, -0.15) is 0 Å². The van der Waals surface area contributed by atoms with Crippen LogP contribution >= 0.6 is 7.60 Å². The van der Waals surface area contributed by atoms with Crippen LogP contribution in [0.4, 0.5) is 0 Å². The maximum Gasteiger partial charge on any atom is 1.11 e. The Morgan fingerprint density at radius 3 is 0.854 bits per heavy atom. The van der Waals surface area contributed by atoms with Crippen LogP contribution in [-0.4, -0.2) is 54.2 Å². The molecule has 0 N–H and O–H groups in total. The van der Waals surface area contributed by atoms with E-state index in [1.165, 1.54) is 72.8 Å². The molecule has 5 aromatic carbocycles. The molecule has 0 heterocycles. The Morgan fingerprint density at radius 2 is 0.604 bits per heavy atom. The molecule has 0 aliphatic heterocycles. The maximum atomic E-state index is 14.8. The van der Waals surface area contributed by atoms with E-state index in [-0.39, 0.29) is 27.6 Å². The second kappa shape index (κ2) is 16.8. The van der Waals surface area contributed by atoms with Gasteiger partial charge < -0.3 is 22.3 Å². The van der Waals surface area contributed by atoms with Crippen molar-refractivity contribution in [3.05, 3.63) is 174 Å². The highest BCUT2D eigenvalue weighted by Crippen LogP contribution is 2.49. The molecule has 11 nitrogen and oxygen atoms in total. The summed E-state index contributed by atoms with van der Waals surface area (Å²) in [6.07, 6.45) is 0. The van der Waals surface area contributed by atoms with Crippen molar-refractivity contribution in [1.82, 2.24) is 0 Å². The molecule has 0 spiro atoms. The average molecular weight is 695 g/mol. The molecule has 0 saturated heterocycles. The van der Waals surface area contributed by atoms with Crippen LogP contribution < -0.4 is 5.30 Å². The van der Waals surface area contributed by atoms with Gasteiger partial charge in [-0.15, -0.1) is 0 Å². The van der Waals surface area contributed by atoms with Gasteiger partial charge in [-0.3, -0.25) is 4.57 Å². The minimum atomic E-state index is -4.76. The SMILES string of the molecule is O=C([O][Al]([O]C(=O)c1ccccc1)[O]P(=O)([O][Al]([O]C(=O)c1ccccc1)[O]C(=O)c1ccccc1)c1ccccc1)c1ccccc1. The number of carbonyl (C=O) groups is 4. The summed E-state index contributed by atoms with van der Waals surface area (Å²) in [4.78, 5) is 52.4. The lowest BCUT2D eigenvalue weighted by molar-refractivity contribution is 0.0520. The molecule has 48 heavy (non-hydrogen) atoms. The maximum absolute atomic E-state index is 14.8. The molecule has 0 aliphatic carbocycles. The summed E-state index contributed by atoms with van der Waals surface area (Å²) in [6, 6.07) is 38.7. The van der Waals surface area contributed by atoms with Crippen molar-refractivity contribution in [3.8, 4) is 0 Å². The number of carbonyl (C=O) groups excluding carboxylic acids is 4. The molecule has 14 heteroatoms. The standard InChI is InChI=1S/4C7H6O2.C6H7O3P.2Al/c4*8-7(9)6-4-2-1-3-5-6;7-10(8,9)6-4-2-1-3-5-6;;/h4*1-5H,(H,8,9);1-5H,(H2,7,8,9);;/q;;;;;2*+3/p-6. The zero-order chi connectivity index (χ0) is 33.8. The zero-order valence-electron chi connectivity index (χ0n) is 25.0. The van der Waals surface area contributed by atoms with E-state index in [9.17, 15) is 23.7 Å². The van der Waals surface area contributed by atoms with Crippen molar-refractivity contribution in [2.45, 2.75) is 0 Å². The second-order valence-electron chi connectivity index (χ2n) is 9.71. The molecule has 0 radical (unpaired) electrons. The van der Waals surface area contributed by atoms with Gasteiger partial charge in [0.05, 0.1) is 27.6 Å². The van der Waals surface area contributed by atoms with Gasteiger partial charge in [0.1, 0.15) is 0 Å². The van der Waals surface area contributed by atoms with Crippen molar-refractivity contribution >= 4 is 67.1 Å². The average Bonchev–Trinajstić information content (AvgIpc) is 3.13. The topological polar surface area (TPSA) is 141 Å². The van der Waals surface area contributed by atoms with E-state index in [4.69, 9.17) is 22.3 Å². The quantitative estimate of drug-likeness (QED) is 0.107. The first-order chi connectivity index (χ1) is 23.3. The Labute approximate surface area is 285 Å². The van der Waals surface area contributed by atoms with Crippen LogP contribution in [0.25, 0.3) is 0 Å². The first kappa shape index (κ1) is 34.5. The van der Waals surface area contributed by atoms with E-state index >= 15 is 0 Å². The third-order valence-electron chi connectivity index (χ3n) is 6.37. The van der Waals surface area contributed by atoms with Crippen LogP contribution in [-0.2, 0) is 26.9 Å². The normalized spacial score (nSPS) is 10.7. The van der Waals surface area contributed by atoms with Crippen molar-refractivity contribution < 1.29 is 46.0 Å². The van der Waals surface area contributed by atoms with E-state index in [1.807, 2.05) is 0 Å². The molecular formula is C34H25Al2O11P. The summed E-state index contributed by atoms with van der Waals surface area (Å²) in [5.41, 5.74) is 0.410. The van der Waals surface area contributed by atoms with Gasteiger partial charge in [0.15, 0.2) is 0 Å². The molecular weight excluding hydrogens is 669 g/mol. The fourth-order valence-corrected chi connectivity index (χ4v) is 10.0. The van der Waals surface area contributed by atoms with E-state index in [2.05, 4.69) is 0 Å². The van der Waals surface area contributed by atoms with Crippen molar-refractivity contribution in [2.24, 2.45) is 0 Å². The number of hydrogen-bond donors (Lipinski definition) is 0. The van der Waals surface area contributed by atoms with Crippen LogP contribution in [0.2, 0.25) is 0 Å². The highest BCUT2D eigenvalue weighted by Gasteiger charge is 2.56. The fraction of sp³-hybridized carbons (Fsp3) is 0. The van der Waals surface area contributed by atoms with Crippen molar-refractivity contribution in [2.75, 3.05) is 0 Å². The predicted octanol–water partition coefficient (Wildman–Crippen LogP) is 5.94. The number of rotatable bonds is 13. The molecule has 0 fully saturated rings. The molecule has 0 amide bonds. The molecule has 5 rings (SSSR count). The highest BCUT2D eigenvalue weighted by atomic mass is 31.2. The molecule has 0 aromatic heterocycles. The molecule has 0 saturated carbocycles. The molecule has 5 aromatic rings. The van der Waals surface area contributed by atoms with Crippen LogP contribution in [0.5, 0.6) is 0 Å². The third kappa shape index (κ3) is 9.62. The lowest BCUT2D eigenvalue weighted by Gasteiger charge is -2.24. The molecule has 238 valence electrons. The summed E-state index contributed by atoms with van der Waals surface area (Å²) >= 11 is -8.16. The lowest BCUT2D eigenvalue weighted by Crippen LogP contribution is -2.37. The minimum Gasteiger partial charge on any atom is -0.558 e. The monoisotopic (exact) mass is 694 g/mol. The Morgan fingerprint density at radius 1 is 0.375 bits per heavy atom. The highest BCUT2D eigenvalue weighted by molar-refractivity contribution is 7.64. The Hall–Kier alpha value is -4.81. The van der Waals surface area contributed by atoms with E-state index in [0.29, 0.717) is 0 Å². The molecule has 0 aliphatic rings. The van der Waals surface area contributed by atoms with Crippen LogP contribution in [0.15, 0.2) is 152 Å². The van der Waals surface area contributed by atoms with Gasteiger partial charge in [0, 0.05) is 0 Å². The molecule has 0 bridgehead atoms.